The number of hydrogen-bond acceptors (Lipinski definition) is 7. The van der Waals surface area contributed by atoms with Crippen molar-refractivity contribution in [1.29, 1.82) is 0 Å². The second kappa shape index (κ2) is 9.76. The number of ether oxygens (including phenoxy) is 1. The standard InChI is InChI=1S/C26H24N6O3/c1-17(2)35-24-8-7-18(12-28-24)13-29-26(33)21-11-23(19-5-3-9-27-14-19)31-25-22(21)15-30-32(25)16-20-6-4-10-34-20/h3-12,14-15,17H,13,16H2,1-2H3,(H,29,33). The van der Waals surface area contributed by atoms with Crippen LogP contribution < -0.4 is 10.1 Å². The lowest BCUT2D eigenvalue weighted by Gasteiger charge is -2.11. The highest BCUT2D eigenvalue weighted by molar-refractivity contribution is 6.06. The molecule has 9 nitrogen and oxygen atoms in total. The molecular formula is C26H24N6O3. The first-order valence-electron chi connectivity index (χ1n) is 11.3. The molecule has 5 aromatic rings. The second-order valence-electron chi connectivity index (χ2n) is 8.27. The van der Waals surface area contributed by atoms with Crippen LogP contribution in [-0.4, -0.2) is 36.7 Å². The number of aromatic nitrogens is 5. The predicted molar refractivity (Wildman–Crippen MR) is 130 cm³/mol. The van der Waals surface area contributed by atoms with Gasteiger partial charge in [-0.05, 0) is 49.7 Å². The van der Waals surface area contributed by atoms with Crippen molar-refractivity contribution in [3.63, 3.8) is 0 Å². The summed E-state index contributed by atoms with van der Waals surface area (Å²) in [6.45, 7) is 4.61. The second-order valence-corrected chi connectivity index (χ2v) is 8.27. The smallest absolute Gasteiger partial charge is 0.252 e. The Morgan fingerprint density at radius 1 is 1.14 bits per heavy atom. The van der Waals surface area contributed by atoms with E-state index in [1.54, 1.807) is 47.9 Å². The molecule has 0 bridgehead atoms. The molecule has 0 fully saturated rings. The molecule has 9 heteroatoms. The van der Waals surface area contributed by atoms with E-state index >= 15 is 0 Å². The minimum atomic E-state index is -0.234. The highest BCUT2D eigenvalue weighted by atomic mass is 16.5. The summed E-state index contributed by atoms with van der Waals surface area (Å²) < 4.78 is 12.8. The Labute approximate surface area is 201 Å². The fourth-order valence-corrected chi connectivity index (χ4v) is 3.67. The maximum Gasteiger partial charge on any atom is 0.252 e. The lowest BCUT2D eigenvalue weighted by Crippen LogP contribution is -2.23. The van der Waals surface area contributed by atoms with Gasteiger partial charge >= 0.3 is 0 Å². The molecule has 5 rings (SSSR count). The van der Waals surface area contributed by atoms with Crippen molar-refractivity contribution in [3.05, 3.63) is 90.4 Å². The Bertz CT molecular complexity index is 1430. The van der Waals surface area contributed by atoms with E-state index < -0.39 is 0 Å². The van der Waals surface area contributed by atoms with Gasteiger partial charge in [-0.1, -0.05) is 6.07 Å². The van der Waals surface area contributed by atoms with Gasteiger partial charge in [-0.15, -0.1) is 0 Å². The zero-order valence-corrected chi connectivity index (χ0v) is 19.4. The molecule has 1 amide bonds. The topological polar surface area (TPSA) is 108 Å². The average Bonchev–Trinajstić information content (AvgIpc) is 3.53. The van der Waals surface area contributed by atoms with Crippen LogP contribution in [-0.2, 0) is 13.1 Å². The van der Waals surface area contributed by atoms with Crippen LogP contribution in [0.3, 0.4) is 0 Å². The first kappa shape index (κ1) is 22.3. The Morgan fingerprint density at radius 3 is 2.77 bits per heavy atom. The molecule has 35 heavy (non-hydrogen) atoms. The van der Waals surface area contributed by atoms with Crippen molar-refractivity contribution in [1.82, 2.24) is 30.0 Å². The molecule has 0 aromatic carbocycles. The van der Waals surface area contributed by atoms with Gasteiger partial charge in [0, 0.05) is 36.8 Å². The van der Waals surface area contributed by atoms with Gasteiger partial charge in [0.2, 0.25) is 5.88 Å². The van der Waals surface area contributed by atoms with Gasteiger partial charge in [-0.25, -0.2) is 14.6 Å². The number of amides is 1. The molecule has 1 N–H and O–H groups in total. The van der Waals surface area contributed by atoms with Crippen LogP contribution in [0.2, 0.25) is 0 Å². The highest BCUT2D eigenvalue weighted by Crippen LogP contribution is 2.25. The zero-order chi connectivity index (χ0) is 24.2. The summed E-state index contributed by atoms with van der Waals surface area (Å²) in [5, 5.41) is 8.11. The summed E-state index contributed by atoms with van der Waals surface area (Å²) in [4.78, 5) is 26.6. The summed E-state index contributed by atoms with van der Waals surface area (Å²) in [6, 6.07) is 12.9. The fourth-order valence-electron chi connectivity index (χ4n) is 3.67. The Morgan fingerprint density at radius 2 is 2.06 bits per heavy atom. The first-order chi connectivity index (χ1) is 17.1. The van der Waals surface area contributed by atoms with Crippen LogP contribution in [0.25, 0.3) is 22.3 Å². The number of furan rings is 1. The molecular weight excluding hydrogens is 444 g/mol. The predicted octanol–water partition coefficient (Wildman–Crippen LogP) is 4.25. The Hall–Kier alpha value is -4.53. The zero-order valence-electron chi connectivity index (χ0n) is 19.4. The third-order valence-corrected chi connectivity index (χ3v) is 5.30. The van der Waals surface area contributed by atoms with E-state index in [0.29, 0.717) is 41.3 Å². The number of hydrogen-bond donors (Lipinski definition) is 1. The van der Waals surface area contributed by atoms with E-state index in [2.05, 4.69) is 20.4 Å². The number of nitrogens with zero attached hydrogens (tertiary/aromatic N) is 5. The SMILES string of the molecule is CC(C)Oc1ccc(CNC(=O)c2cc(-c3cccnc3)nc3c2cnn3Cc2ccco2)cn1. The minimum Gasteiger partial charge on any atom is -0.475 e. The van der Waals surface area contributed by atoms with Crippen LogP contribution in [0.15, 0.2) is 77.9 Å². The number of carbonyl (C=O) groups excluding carboxylic acids is 1. The van der Waals surface area contributed by atoms with Crippen molar-refractivity contribution in [2.45, 2.75) is 33.0 Å². The van der Waals surface area contributed by atoms with Gasteiger partial charge in [0.05, 0.1) is 35.2 Å². The minimum absolute atomic E-state index is 0.0462. The van der Waals surface area contributed by atoms with E-state index in [4.69, 9.17) is 14.1 Å². The van der Waals surface area contributed by atoms with Gasteiger partial charge in [-0.2, -0.15) is 5.10 Å². The van der Waals surface area contributed by atoms with Crippen molar-refractivity contribution >= 4 is 16.9 Å². The molecule has 176 valence electrons. The van der Waals surface area contributed by atoms with E-state index in [0.717, 1.165) is 16.9 Å². The van der Waals surface area contributed by atoms with Crippen LogP contribution in [0.5, 0.6) is 5.88 Å². The van der Waals surface area contributed by atoms with E-state index in [1.807, 2.05) is 44.2 Å². The largest absolute Gasteiger partial charge is 0.475 e. The van der Waals surface area contributed by atoms with Gasteiger partial charge in [0.1, 0.15) is 12.3 Å². The first-order valence-corrected chi connectivity index (χ1v) is 11.3. The molecule has 0 radical (unpaired) electrons. The number of rotatable bonds is 8. The number of fused-ring (bicyclic) bond motifs is 1. The van der Waals surface area contributed by atoms with E-state index in [1.165, 1.54) is 0 Å². The molecule has 0 saturated heterocycles. The number of carbonyl (C=O) groups is 1. The molecule has 0 aliphatic carbocycles. The van der Waals surface area contributed by atoms with Crippen molar-refractivity contribution in [2.75, 3.05) is 0 Å². The quantitative estimate of drug-likeness (QED) is 0.363. The van der Waals surface area contributed by atoms with Crippen LogP contribution in [0.4, 0.5) is 0 Å². The molecule has 0 spiro atoms. The number of nitrogens with one attached hydrogen (secondary N) is 1. The average molecular weight is 469 g/mol. The summed E-state index contributed by atoms with van der Waals surface area (Å²) >= 11 is 0. The van der Waals surface area contributed by atoms with Gasteiger partial charge in [0.25, 0.3) is 5.91 Å². The molecule has 0 aliphatic heterocycles. The van der Waals surface area contributed by atoms with Gasteiger partial charge in [0.15, 0.2) is 5.65 Å². The summed E-state index contributed by atoms with van der Waals surface area (Å²) in [5.41, 5.74) is 3.37. The number of pyridine rings is 3. The lowest BCUT2D eigenvalue weighted by atomic mass is 10.1. The molecule has 0 aliphatic rings. The van der Waals surface area contributed by atoms with E-state index in [9.17, 15) is 4.79 Å². The third kappa shape index (κ3) is 5.03. The summed E-state index contributed by atoms with van der Waals surface area (Å²) in [5.74, 6) is 1.06. The lowest BCUT2D eigenvalue weighted by molar-refractivity contribution is 0.0952. The molecule has 0 unspecified atom stereocenters. The van der Waals surface area contributed by atoms with Gasteiger partial charge in [-0.3, -0.25) is 9.78 Å². The normalized spacial score (nSPS) is 11.2. The fraction of sp³-hybridized carbons (Fsp3) is 0.192. The van der Waals surface area contributed by atoms with Crippen molar-refractivity contribution < 1.29 is 13.9 Å². The summed E-state index contributed by atoms with van der Waals surface area (Å²) in [6.07, 6.45) is 8.43. The molecule has 5 heterocycles. The monoisotopic (exact) mass is 468 g/mol. The Balaban J connectivity index is 1.44. The van der Waals surface area contributed by atoms with Crippen LogP contribution >= 0.6 is 0 Å². The maximum absolute atomic E-state index is 13.3. The molecule has 0 saturated carbocycles. The van der Waals surface area contributed by atoms with Crippen molar-refractivity contribution in [3.8, 4) is 17.1 Å². The van der Waals surface area contributed by atoms with Crippen LogP contribution in [0, 0.1) is 0 Å². The van der Waals surface area contributed by atoms with E-state index in [-0.39, 0.29) is 12.0 Å². The van der Waals surface area contributed by atoms with Crippen molar-refractivity contribution in [2.24, 2.45) is 0 Å². The highest BCUT2D eigenvalue weighted by Gasteiger charge is 2.18. The third-order valence-electron chi connectivity index (χ3n) is 5.30. The Kier molecular flexibility index (Phi) is 6.21. The van der Waals surface area contributed by atoms with Gasteiger partial charge < -0.3 is 14.5 Å². The maximum atomic E-state index is 13.3. The molecule has 5 aromatic heterocycles. The molecule has 0 atom stereocenters. The summed E-state index contributed by atoms with van der Waals surface area (Å²) in [7, 11) is 0. The van der Waals surface area contributed by atoms with Crippen LogP contribution in [0.1, 0.15) is 35.5 Å².